The van der Waals surface area contributed by atoms with E-state index < -0.39 is 0 Å². The van der Waals surface area contributed by atoms with Crippen LogP contribution in [0.5, 0.6) is 0 Å². The van der Waals surface area contributed by atoms with E-state index in [-0.39, 0.29) is 0 Å². The van der Waals surface area contributed by atoms with Gasteiger partial charge in [0.2, 0.25) is 0 Å². The Bertz CT molecular complexity index is 438. The topological polar surface area (TPSA) is 39.9 Å². The van der Waals surface area contributed by atoms with E-state index in [0.717, 1.165) is 18.9 Å². The summed E-state index contributed by atoms with van der Waals surface area (Å²) in [5.41, 5.74) is 1.22. The molecule has 3 rings (SSSR count). The van der Waals surface area contributed by atoms with Crippen LogP contribution in [0.1, 0.15) is 37.7 Å². The number of aromatic nitrogens is 1. The number of hydrogen-bond donors (Lipinski definition) is 0. The van der Waals surface area contributed by atoms with Gasteiger partial charge in [0.1, 0.15) is 11.9 Å². The Morgan fingerprint density at radius 3 is 2.71 bits per heavy atom. The molecule has 2 fully saturated rings. The summed E-state index contributed by atoms with van der Waals surface area (Å²) < 4.78 is 0. The summed E-state index contributed by atoms with van der Waals surface area (Å²) in [6.45, 7) is 2.28. The first-order valence-electron chi connectivity index (χ1n) is 6.43. The van der Waals surface area contributed by atoms with Crippen LogP contribution >= 0.6 is 0 Å². The second-order valence-corrected chi connectivity index (χ2v) is 5.40. The molecular weight excluding hydrogens is 210 g/mol. The summed E-state index contributed by atoms with van der Waals surface area (Å²) in [7, 11) is 0. The molecule has 1 aromatic rings. The first-order valence-corrected chi connectivity index (χ1v) is 6.43. The van der Waals surface area contributed by atoms with Crippen molar-refractivity contribution >= 4 is 5.82 Å². The van der Waals surface area contributed by atoms with Crippen molar-refractivity contribution in [1.29, 1.82) is 5.26 Å². The molecule has 1 aliphatic heterocycles. The van der Waals surface area contributed by atoms with Gasteiger partial charge in [0, 0.05) is 19.3 Å². The van der Waals surface area contributed by atoms with Crippen LogP contribution in [-0.2, 0) is 0 Å². The molecule has 0 amide bonds. The van der Waals surface area contributed by atoms with Gasteiger partial charge in [-0.1, -0.05) is 12.8 Å². The molecular formula is C14H17N3. The van der Waals surface area contributed by atoms with Crippen molar-refractivity contribution in [2.75, 3.05) is 18.0 Å². The van der Waals surface area contributed by atoms with Crippen LogP contribution < -0.4 is 4.90 Å². The van der Waals surface area contributed by atoms with E-state index in [9.17, 15) is 0 Å². The lowest BCUT2D eigenvalue weighted by molar-refractivity contribution is 0.340. The molecule has 1 aliphatic carbocycles. The Morgan fingerprint density at radius 1 is 1.24 bits per heavy atom. The number of nitrogens with zero attached hydrogens (tertiary/aromatic N) is 3. The molecule has 0 bridgehead atoms. The fourth-order valence-corrected chi connectivity index (χ4v) is 3.30. The molecule has 2 aliphatic rings. The van der Waals surface area contributed by atoms with Gasteiger partial charge in [-0.2, -0.15) is 5.26 Å². The van der Waals surface area contributed by atoms with Crippen molar-refractivity contribution in [3.63, 3.8) is 0 Å². The predicted molar refractivity (Wildman–Crippen MR) is 66.7 cm³/mol. The van der Waals surface area contributed by atoms with Crippen molar-refractivity contribution in [3.05, 3.63) is 23.9 Å². The quantitative estimate of drug-likeness (QED) is 0.740. The van der Waals surface area contributed by atoms with Gasteiger partial charge >= 0.3 is 0 Å². The summed E-state index contributed by atoms with van der Waals surface area (Å²) in [6, 6.07) is 5.95. The smallest absolute Gasteiger partial charge is 0.128 e. The Hall–Kier alpha value is -1.56. The zero-order valence-corrected chi connectivity index (χ0v) is 10.0. The molecule has 1 saturated carbocycles. The Morgan fingerprint density at radius 2 is 2.06 bits per heavy atom. The van der Waals surface area contributed by atoms with Crippen LogP contribution in [0.2, 0.25) is 0 Å². The average molecular weight is 227 g/mol. The standard InChI is InChI=1S/C14H17N3/c15-9-12-3-4-13(16-10-12)17-8-7-14(11-17)5-1-2-6-14/h3-4,10H,1-2,5-8,11H2. The van der Waals surface area contributed by atoms with Gasteiger partial charge in [-0.25, -0.2) is 4.98 Å². The zero-order chi connectivity index (χ0) is 11.7. The highest BCUT2D eigenvalue weighted by Crippen LogP contribution is 2.45. The number of hydrogen-bond acceptors (Lipinski definition) is 3. The summed E-state index contributed by atoms with van der Waals surface area (Å²) in [4.78, 5) is 6.77. The third-order valence-corrected chi connectivity index (χ3v) is 4.30. The molecule has 3 heteroatoms. The summed E-state index contributed by atoms with van der Waals surface area (Å²) >= 11 is 0. The SMILES string of the molecule is N#Cc1ccc(N2CCC3(CCCC3)C2)nc1. The van der Waals surface area contributed by atoms with Crippen LogP contribution in [0.25, 0.3) is 0 Å². The van der Waals surface area contributed by atoms with Crippen molar-refractivity contribution < 1.29 is 0 Å². The summed E-state index contributed by atoms with van der Waals surface area (Å²) in [5, 5.41) is 8.76. The first kappa shape index (κ1) is 10.6. The molecule has 0 radical (unpaired) electrons. The largest absolute Gasteiger partial charge is 0.356 e. The van der Waals surface area contributed by atoms with E-state index in [2.05, 4.69) is 16.0 Å². The number of rotatable bonds is 1. The van der Waals surface area contributed by atoms with E-state index in [1.54, 1.807) is 6.20 Å². The van der Waals surface area contributed by atoms with Gasteiger partial charge in [-0.05, 0) is 36.8 Å². The van der Waals surface area contributed by atoms with Crippen molar-refractivity contribution in [2.24, 2.45) is 5.41 Å². The molecule has 2 heterocycles. The van der Waals surface area contributed by atoms with Crippen LogP contribution in [-0.4, -0.2) is 18.1 Å². The number of pyridine rings is 1. The third kappa shape index (κ3) is 1.88. The van der Waals surface area contributed by atoms with Gasteiger partial charge in [0.15, 0.2) is 0 Å². The van der Waals surface area contributed by atoms with E-state index in [1.165, 1.54) is 32.1 Å². The Labute approximate surface area is 102 Å². The lowest BCUT2D eigenvalue weighted by atomic mass is 9.86. The molecule has 1 spiro atoms. The number of anilines is 1. The van der Waals surface area contributed by atoms with Crippen LogP contribution in [0.3, 0.4) is 0 Å². The monoisotopic (exact) mass is 227 g/mol. The molecule has 88 valence electrons. The minimum Gasteiger partial charge on any atom is -0.356 e. The summed E-state index contributed by atoms with van der Waals surface area (Å²) in [5.74, 6) is 1.03. The molecule has 1 saturated heterocycles. The highest BCUT2D eigenvalue weighted by atomic mass is 15.2. The van der Waals surface area contributed by atoms with Gasteiger partial charge in [-0.15, -0.1) is 0 Å². The molecule has 17 heavy (non-hydrogen) atoms. The van der Waals surface area contributed by atoms with Gasteiger partial charge in [0.25, 0.3) is 0 Å². The van der Waals surface area contributed by atoms with E-state index in [1.807, 2.05) is 12.1 Å². The fourth-order valence-electron chi connectivity index (χ4n) is 3.30. The maximum absolute atomic E-state index is 8.76. The van der Waals surface area contributed by atoms with Crippen LogP contribution in [0.4, 0.5) is 5.82 Å². The van der Waals surface area contributed by atoms with Crippen molar-refractivity contribution in [1.82, 2.24) is 4.98 Å². The predicted octanol–water partition coefficient (Wildman–Crippen LogP) is 2.72. The van der Waals surface area contributed by atoms with E-state index >= 15 is 0 Å². The van der Waals surface area contributed by atoms with Crippen molar-refractivity contribution in [2.45, 2.75) is 32.1 Å². The lowest BCUT2D eigenvalue weighted by Crippen LogP contribution is -2.25. The maximum atomic E-state index is 8.76. The minimum absolute atomic E-state index is 0.579. The molecule has 0 atom stereocenters. The Balaban J connectivity index is 1.75. The average Bonchev–Trinajstić information content (AvgIpc) is 3.01. The second kappa shape index (κ2) is 4.03. The van der Waals surface area contributed by atoms with Gasteiger partial charge < -0.3 is 4.90 Å². The first-order chi connectivity index (χ1) is 8.31. The normalized spacial score (nSPS) is 21.9. The summed E-state index contributed by atoms with van der Waals surface area (Å²) in [6.07, 6.45) is 8.56. The van der Waals surface area contributed by atoms with Crippen LogP contribution in [0, 0.1) is 16.7 Å². The van der Waals surface area contributed by atoms with Gasteiger partial charge in [0.05, 0.1) is 5.56 Å². The van der Waals surface area contributed by atoms with E-state index in [4.69, 9.17) is 5.26 Å². The molecule has 0 N–H and O–H groups in total. The Kier molecular flexibility index (Phi) is 2.51. The zero-order valence-electron chi connectivity index (χ0n) is 10.0. The highest BCUT2D eigenvalue weighted by Gasteiger charge is 2.40. The molecule has 0 aromatic carbocycles. The minimum atomic E-state index is 0.579. The maximum Gasteiger partial charge on any atom is 0.128 e. The third-order valence-electron chi connectivity index (χ3n) is 4.30. The van der Waals surface area contributed by atoms with Gasteiger partial charge in [-0.3, -0.25) is 0 Å². The molecule has 1 aromatic heterocycles. The van der Waals surface area contributed by atoms with E-state index in [0.29, 0.717) is 11.0 Å². The second-order valence-electron chi connectivity index (χ2n) is 5.40. The van der Waals surface area contributed by atoms with Crippen molar-refractivity contribution in [3.8, 4) is 6.07 Å². The number of nitriles is 1. The highest BCUT2D eigenvalue weighted by molar-refractivity contribution is 5.43. The molecule has 3 nitrogen and oxygen atoms in total. The van der Waals surface area contributed by atoms with Crippen LogP contribution in [0.15, 0.2) is 18.3 Å². The lowest BCUT2D eigenvalue weighted by Gasteiger charge is -2.23. The molecule has 0 unspecified atom stereocenters. The fraction of sp³-hybridized carbons (Fsp3) is 0.571.